The highest BCUT2D eigenvalue weighted by atomic mass is 32.2. The minimum atomic E-state index is -1.08. The Morgan fingerprint density at radius 3 is 2.11 bits per heavy atom. The molecule has 0 saturated carbocycles. The number of carbonyl (C=O) groups excluding carboxylic acids is 2. The van der Waals surface area contributed by atoms with E-state index in [1.807, 2.05) is 36.4 Å². The zero-order chi connectivity index (χ0) is 27.1. The number of benzene rings is 3. The van der Waals surface area contributed by atoms with Crippen LogP contribution in [-0.4, -0.2) is 34.0 Å². The molecular formula is C29H26N2O6S. The van der Waals surface area contributed by atoms with Crippen LogP contribution in [-0.2, 0) is 14.4 Å². The highest BCUT2D eigenvalue weighted by Crippen LogP contribution is 2.37. The van der Waals surface area contributed by atoms with Gasteiger partial charge in [0.05, 0.1) is 17.4 Å². The monoisotopic (exact) mass is 530 g/mol. The van der Waals surface area contributed by atoms with Gasteiger partial charge in [-0.05, 0) is 60.9 Å². The fourth-order valence-electron chi connectivity index (χ4n) is 4.20. The number of hydrogen-bond donors (Lipinski definition) is 4. The van der Waals surface area contributed by atoms with E-state index in [-0.39, 0.29) is 17.4 Å². The third-order valence-electron chi connectivity index (χ3n) is 6.18. The lowest BCUT2D eigenvalue weighted by molar-refractivity contribution is -0.146. The number of aromatic carboxylic acids is 1. The maximum absolute atomic E-state index is 13.3. The molecule has 1 aliphatic carbocycles. The molecule has 0 heterocycles. The topological polar surface area (TPSA) is 133 Å². The van der Waals surface area contributed by atoms with Crippen molar-refractivity contribution in [2.75, 3.05) is 10.6 Å². The highest BCUT2D eigenvalue weighted by Gasteiger charge is 2.34. The molecule has 3 atom stereocenters. The maximum atomic E-state index is 13.3. The minimum absolute atomic E-state index is 0.0725. The van der Waals surface area contributed by atoms with Gasteiger partial charge in [0.25, 0.3) is 0 Å². The predicted octanol–water partition coefficient (Wildman–Crippen LogP) is 5.46. The quantitative estimate of drug-likeness (QED) is 0.213. The number of aliphatic carboxylic acids is 1. The highest BCUT2D eigenvalue weighted by molar-refractivity contribution is 8.00. The smallest absolute Gasteiger partial charge is 0.335 e. The Morgan fingerprint density at radius 1 is 0.763 bits per heavy atom. The van der Waals surface area contributed by atoms with Crippen LogP contribution >= 0.6 is 11.8 Å². The number of anilines is 2. The van der Waals surface area contributed by atoms with Crippen LogP contribution in [0.5, 0.6) is 0 Å². The molecule has 0 aromatic heterocycles. The molecule has 4 N–H and O–H groups in total. The van der Waals surface area contributed by atoms with Crippen molar-refractivity contribution >= 4 is 46.9 Å². The molecule has 0 saturated heterocycles. The van der Waals surface area contributed by atoms with Crippen LogP contribution in [0.2, 0.25) is 0 Å². The molecule has 1 aliphatic rings. The van der Waals surface area contributed by atoms with Gasteiger partial charge >= 0.3 is 11.9 Å². The summed E-state index contributed by atoms with van der Waals surface area (Å²) in [5.41, 5.74) is 1.76. The molecule has 8 nitrogen and oxygen atoms in total. The molecule has 0 radical (unpaired) electrons. The molecule has 3 aromatic rings. The van der Waals surface area contributed by atoms with Gasteiger partial charge in [0.1, 0.15) is 5.25 Å². The summed E-state index contributed by atoms with van der Waals surface area (Å²) in [6.45, 7) is 0. The Labute approximate surface area is 223 Å². The van der Waals surface area contributed by atoms with E-state index in [9.17, 15) is 29.4 Å². The molecule has 38 heavy (non-hydrogen) atoms. The van der Waals surface area contributed by atoms with Crippen LogP contribution in [0.1, 0.15) is 34.0 Å². The lowest BCUT2D eigenvalue weighted by Gasteiger charge is -2.24. The number of carboxylic acids is 2. The van der Waals surface area contributed by atoms with E-state index in [1.54, 1.807) is 42.5 Å². The van der Waals surface area contributed by atoms with E-state index in [0.29, 0.717) is 24.2 Å². The van der Waals surface area contributed by atoms with E-state index < -0.39 is 29.0 Å². The molecule has 0 spiro atoms. The van der Waals surface area contributed by atoms with E-state index >= 15 is 0 Å². The van der Waals surface area contributed by atoms with Crippen LogP contribution in [0.25, 0.3) is 0 Å². The summed E-state index contributed by atoms with van der Waals surface area (Å²) in [4.78, 5) is 49.6. The first-order chi connectivity index (χ1) is 18.3. The van der Waals surface area contributed by atoms with Crippen LogP contribution in [0.3, 0.4) is 0 Å². The Morgan fingerprint density at radius 2 is 1.45 bits per heavy atom. The number of carbonyl (C=O) groups is 4. The van der Waals surface area contributed by atoms with Gasteiger partial charge in [-0.1, -0.05) is 48.6 Å². The van der Waals surface area contributed by atoms with Gasteiger partial charge in [0, 0.05) is 16.3 Å². The molecular weight excluding hydrogens is 504 g/mol. The van der Waals surface area contributed by atoms with Gasteiger partial charge in [-0.2, -0.15) is 0 Å². The van der Waals surface area contributed by atoms with E-state index in [2.05, 4.69) is 10.6 Å². The molecule has 194 valence electrons. The van der Waals surface area contributed by atoms with Crippen molar-refractivity contribution in [3.63, 3.8) is 0 Å². The van der Waals surface area contributed by atoms with Crippen LogP contribution in [0, 0.1) is 11.8 Å². The maximum Gasteiger partial charge on any atom is 0.335 e. The van der Waals surface area contributed by atoms with E-state index in [1.165, 1.54) is 23.9 Å². The molecule has 3 aromatic carbocycles. The fraction of sp³-hybridized carbons (Fsp3) is 0.172. The number of thioether (sulfide) groups is 1. The Kier molecular flexibility index (Phi) is 8.60. The third-order valence-corrected chi connectivity index (χ3v) is 7.45. The first kappa shape index (κ1) is 26.7. The number of allylic oxidation sites excluding steroid dienone is 2. The number of hydrogen-bond acceptors (Lipinski definition) is 5. The summed E-state index contributed by atoms with van der Waals surface area (Å²) in [5.74, 6) is -4.12. The predicted molar refractivity (Wildman–Crippen MR) is 145 cm³/mol. The molecule has 0 aliphatic heterocycles. The normalized spacial score (nSPS) is 17.3. The Balaban J connectivity index is 1.47. The van der Waals surface area contributed by atoms with Gasteiger partial charge in [-0.25, -0.2) is 4.79 Å². The Hall–Kier alpha value is -4.37. The van der Waals surface area contributed by atoms with Gasteiger partial charge < -0.3 is 20.8 Å². The van der Waals surface area contributed by atoms with E-state index in [0.717, 1.165) is 10.5 Å². The van der Waals surface area contributed by atoms with Crippen molar-refractivity contribution in [2.24, 2.45) is 11.8 Å². The average molecular weight is 531 g/mol. The van der Waals surface area contributed by atoms with Gasteiger partial charge in [-0.15, -0.1) is 11.8 Å². The second-order valence-corrected chi connectivity index (χ2v) is 9.97. The van der Waals surface area contributed by atoms with Gasteiger partial charge in [0.2, 0.25) is 11.8 Å². The van der Waals surface area contributed by atoms with Crippen LogP contribution in [0.15, 0.2) is 95.9 Å². The molecule has 0 bridgehead atoms. The summed E-state index contributed by atoms with van der Waals surface area (Å²) < 4.78 is 0. The lowest BCUT2D eigenvalue weighted by Crippen LogP contribution is -2.34. The SMILES string of the molecule is O=C(O)c1cccc(NC(=O)C(Sc2ccc(NC(=O)C3CC=CCC3C(=O)O)cc2)c2ccccc2)c1. The Bertz CT molecular complexity index is 1360. The van der Waals surface area contributed by atoms with Crippen molar-refractivity contribution in [3.8, 4) is 0 Å². The second kappa shape index (κ2) is 12.2. The van der Waals surface area contributed by atoms with Crippen LogP contribution < -0.4 is 10.6 Å². The summed E-state index contributed by atoms with van der Waals surface area (Å²) in [6, 6.07) is 22.3. The van der Waals surface area contributed by atoms with Crippen molar-refractivity contribution in [1.82, 2.24) is 0 Å². The van der Waals surface area contributed by atoms with Crippen molar-refractivity contribution in [2.45, 2.75) is 23.0 Å². The van der Waals surface area contributed by atoms with Crippen molar-refractivity contribution < 1.29 is 29.4 Å². The zero-order valence-corrected chi connectivity index (χ0v) is 21.1. The summed E-state index contributed by atoms with van der Waals surface area (Å²) in [7, 11) is 0. The first-order valence-corrected chi connectivity index (χ1v) is 12.8. The summed E-state index contributed by atoms with van der Waals surface area (Å²) in [5, 5.41) is 23.7. The number of rotatable bonds is 9. The molecule has 9 heteroatoms. The lowest BCUT2D eigenvalue weighted by atomic mass is 9.82. The number of carboxylic acid groups (broad SMARTS) is 2. The largest absolute Gasteiger partial charge is 0.481 e. The van der Waals surface area contributed by atoms with Gasteiger partial charge in [0.15, 0.2) is 0 Å². The molecule has 4 rings (SSSR count). The summed E-state index contributed by atoms with van der Waals surface area (Å²) in [6.07, 6.45) is 4.32. The second-order valence-electron chi connectivity index (χ2n) is 8.79. The average Bonchev–Trinajstić information content (AvgIpc) is 2.93. The minimum Gasteiger partial charge on any atom is -0.481 e. The summed E-state index contributed by atoms with van der Waals surface area (Å²) >= 11 is 1.31. The van der Waals surface area contributed by atoms with Crippen LogP contribution in [0.4, 0.5) is 11.4 Å². The van der Waals surface area contributed by atoms with Gasteiger partial charge in [-0.3, -0.25) is 14.4 Å². The number of nitrogens with one attached hydrogen (secondary N) is 2. The standard InChI is InChI=1S/C29H26N2O6S/c32-26(23-11-4-5-12-24(23)29(36)37)30-20-13-15-22(16-14-20)38-25(18-7-2-1-3-8-18)27(33)31-21-10-6-9-19(17-21)28(34)35/h1-10,13-17,23-25H,11-12H2,(H,30,32)(H,31,33)(H,34,35)(H,36,37). The molecule has 0 fully saturated rings. The molecule has 3 unspecified atom stereocenters. The number of amides is 2. The van der Waals surface area contributed by atoms with Crippen molar-refractivity contribution in [1.29, 1.82) is 0 Å². The fourth-order valence-corrected chi connectivity index (χ4v) is 5.23. The third kappa shape index (κ3) is 6.68. The first-order valence-electron chi connectivity index (χ1n) is 12.0. The zero-order valence-electron chi connectivity index (χ0n) is 20.2. The van der Waals surface area contributed by atoms with Crippen molar-refractivity contribution in [3.05, 3.63) is 102 Å². The molecule has 2 amide bonds. The van der Waals surface area contributed by atoms with E-state index in [4.69, 9.17) is 0 Å².